The molecule has 2 heterocycles. The summed E-state index contributed by atoms with van der Waals surface area (Å²) in [6.07, 6.45) is 7.81. The van der Waals surface area contributed by atoms with E-state index in [1.165, 1.54) is 42.8 Å². The molecule has 0 aliphatic heterocycles. The van der Waals surface area contributed by atoms with Crippen molar-refractivity contribution < 1.29 is 0 Å². The van der Waals surface area contributed by atoms with Crippen LogP contribution in [0, 0.1) is 5.92 Å². The second-order valence-electron chi connectivity index (χ2n) is 5.23. The quantitative estimate of drug-likeness (QED) is 0.883. The number of hydrogen-bond donors (Lipinski definition) is 2. The molecule has 6 nitrogen and oxygen atoms in total. The van der Waals surface area contributed by atoms with E-state index in [4.69, 9.17) is 0 Å². The fourth-order valence-electron chi connectivity index (χ4n) is 2.96. The van der Waals surface area contributed by atoms with E-state index in [2.05, 4.69) is 27.4 Å². The molecular weight excluding hydrogens is 242 g/mol. The van der Waals surface area contributed by atoms with E-state index in [9.17, 15) is 4.79 Å². The van der Waals surface area contributed by atoms with Crippen LogP contribution in [-0.4, -0.2) is 25.6 Å². The Hall–Kier alpha value is -1.85. The lowest BCUT2D eigenvalue weighted by molar-refractivity contribution is 0.317. The highest BCUT2D eigenvalue weighted by molar-refractivity contribution is 5.48. The molecule has 19 heavy (non-hydrogen) atoms. The number of nitrogens with zero attached hydrogens (tertiary/aromatic N) is 3. The molecule has 2 aromatic rings. The smallest absolute Gasteiger partial charge is 0.348 e. The van der Waals surface area contributed by atoms with Crippen LogP contribution >= 0.6 is 0 Å². The Bertz CT molecular complexity index is 617. The molecule has 0 saturated heterocycles. The Morgan fingerprint density at radius 2 is 2.32 bits per heavy atom. The number of fused-ring (bicyclic) bond motifs is 1. The standard InChI is InChI=1S/C13H19N5O/c1-2-9-5-3-4-6-10(9)15-11-7-12-16-17-13(19)18(12)8-14-11/h7-10,15H,2-6H2,1H3,(H,17,19). The Kier molecular flexibility index (Phi) is 3.23. The maximum Gasteiger partial charge on any atom is 0.348 e. The second kappa shape index (κ2) is 5.03. The van der Waals surface area contributed by atoms with Crippen molar-refractivity contribution in [3.8, 4) is 0 Å². The summed E-state index contributed by atoms with van der Waals surface area (Å²) in [7, 11) is 0. The van der Waals surface area contributed by atoms with Gasteiger partial charge >= 0.3 is 5.69 Å². The molecular formula is C13H19N5O. The summed E-state index contributed by atoms with van der Waals surface area (Å²) in [6, 6.07) is 2.30. The lowest BCUT2D eigenvalue weighted by Gasteiger charge is -2.31. The molecule has 1 fully saturated rings. The van der Waals surface area contributed by atoms with Gasteiger partial charge in [-0.2, -0.15) is 5.10 Å². The molecule has 2 unspecified atom stereocenters. The first-order valence-corrected chi connectivity index (χ1v) is 6.97. The minimum absolute atomic E-state index is 0.252. The Balaban J connectivity index is 1.82. The molecule has 102 valence electrons. The van der Waals surface area contributed by atoms with Gasteiger partial charge in [-0.3, -0.25) is 0 Å². The topological polar surface area (TPSA) is 75.1 Å². The first kappa shape index (κ1) is 12.2. The maximum absolute atomic E-state index is 11.4. The maximum atomic E-state index is 11.4. The molecule has 1 aliphatic carbocycles. The van der Waals surface area contributed by atoms with Gasteiger partial charge in [0.05, 0.1) is 0 Å². The van der Waals surface area contributed by atoms with Gasteiger partial charge in [0, 0.05) is 12.1 Å². The van der Waals surface area contributed by atoms with Crippen molar-refractivity contribution in [1.29, 1.82) is 0 Å². The van der Waals surface area contributed by atoms with E-state index >= 15 is 0 Å². The van der Waals surface area contributed by atoms with Crippen LogP contribution < -0.4 is 11.0 Å². The monoisotopic (exact) mass is 261 g/mol. The van der Waals surface area contributed by atoms with Crippen LogP contribution in [0.4, 0.5) is 5.82 Å². The van der Waals surface area contributed by atoms with E-state index in [0.29, 0.717) is 17.6 Å². The van der Waals surface area contributed by atoms with Crippen LogP contribution in [0.25, 0.3) is 5.65 Å². The number of H-pyrrole nitrogens is 1. The molecule has 3 rings (SSSR count). The molecule has 0 bridgehead atoms. The first-order chi connectivity index (χ1) is 9.28. The zero-order valence-corrected chi connectivity index (χ0v) is 11.1. The molecule has 0 spiro atoms. The van der Waals surface area contributed by atoms with Crippen LogP contribution in [0.2, 0.25) is 0 Å². The summed E-state index contributed by atoms with van der Waals surface area (Å²) < 4.78 is 1.41. The first-order valence-electron chi connectivity index (χ1n) is 6.97. The van der Waals surface area contributed by atoms with Crippen LogP contribution in [0.15, 0.2) is 17.2 Å². The third-order valence-corrected chi connectivity index (χ3v) is 4.08. The molecule has 2 atom stereocenters. The third kappa shape index (κ3) is 2.34. The highest BCUT2D eigenvalue weighted by atomic mass is 16.1. The van der Waals surface area contributed by atoms with Crippen LogP contribution in [0.1, 0.15) is 39.0 Å². The van der Waals surface area contributed by atoms with Gasteiger partial charge in [0.1, 0.15) is 12.1 Å². The number of nitrogens with one attached hydrogen (secondary N) is 2. The minimum atomic E-state index is -0.252. The van der Waals surface area contributed by atoms with Gasteiger partial charge < -0.3 is 5.32 Å². The molecule has 1 saturated carbocycles. The van der Waals surface area contributed by atoms with E-state index in [0.717, 1.165) is 5.82 Å². The van der Waals surface area contributed by atoms with Gasteiger partial charge in [-0.1, -0.05) is 26.2 Å². The number of anilines is 1. The largest absolute Gasteiger partial charge is 0.367 e. The fourth-order valence-corrected chi connectivity index (χ4v) is 2.96. The lowest BCUT2D eigenvalue weighted by Crippen LogP contribution is -2.32. The van der Waals surface area contributed by atoms with Crippen molar-refractivity contribution in [3.05, 3.63) is 22.9 Å². The predicted molar refractivity (Wildman–Crippen MR) is 73.3 cm³/mol. The van der Waals surface area contributed by atoms with Crippen molar-refractivity contribution in [1.82, 2.24) is 19.6 Å². The summed E-state index contributed by atoms with van der Waals surface area (Å²) >= 11 is 0. The normalized spacial score (nSPS) is 23.6. The van der Waals surface area contributed by atoms with Crippen molar-refractivity contribution in [2.24, 2.45) is 5.92 Å². The second-order valence-corrected chi connectivity index (χ2v) is 5.23. The van der Waals surface area contributed by atoms with E-state index < -0.39 is 0 Å². The summed E-state index contributed by atoms with van der Waals surface area (Å²) in [5.74, 6) is 1.52. The summed E-state index contributed by atoms with van der Waals surface area (Å²) in [4.78, 5) is 15.7. The summed E-state index contributed by atoms with van der Waals surface area (Å²) in [5.41, 5.74) is 0.351. The lowest BCUT2D eigenvalue weighted by atomic mass is 9.83. The molecule has 2 N–H and O–H groups in total. The Morgan fingerprint density at radius 1 is 1.47 bits per heavy atom. The third-order valence-electron chi connectivity index (χ3n) is 4.08. The minimum Gasteiger partial charge on any atom is -0.367 e. The van der Waals surface area contributed by atoms with Crippen LogP contribution in [-0.2, 0) is 0 Å². The van der Waals surface area contributed by atoms with Crippen molar-refractivity contribution in [2.75, 3.05) is 5.32 Å². The van der Waals surface area contributed by atoms with E-state index in [1.54, 1.807) is 0 Å². The molecule has 0 amide bonds. The van der Waals surface area contributed by atoms with E-state index in [1.807, 2.05) is 6.07 Å². The number of hydrogen-bond acceptors (Lipinski definition) is 4. The number of aromatic amines is 1. The van der Waals surface area contributed by atoms with E-state index in [-0.39, 0.29) is 5.69 Å². The molecule has 0 radical (unpaired) electrons. The zero-order chi connectivity index (χ0) is 13.2. The summed E-state index contributed by atoms with van der Waals surface area (Å²) in [5, 5.41) is 9.88. The van der Waals surface area contributed by atoms with Gasteiger partial charge in [-0.25, -0.2) is 19.3 Å². The highest BCUT2D eigenvalue weighted by Gasteiger charge is 2.23. The summed E-state index contributed by atoms with van der Waals surface area (Å²) in [6.45, 7) is 2.24. The average Bonchev–Trinajstić information content (AvgIpc) is 2.81. The van der Waals surface area contributed by atoms with Gasteiger partial charge in [0.2, 0.25) is 0 Å². The molecule has 1 aliphatic rings. The SMILES string of the molecule is CCC1CCCCC1Nc1cc2n[nH]c(=O)n2cn1. The van der Waals surface area contributed by atoms with Gasteiger partial charge in [0.25, 0.3) is 0 Å². The van der Waals surface area contributed by atoms with Crippen molar-refractivity contribution in [2.45, 2.75) is 45.1 Å². The fraction of sp³-hybridized carbons (Fsp3) is 0.615. The van der Waals surface area contributed by atoms with Crippen molar-refractivity contribution >= 4 is 11.5 Å². The zero-order valence-electron chi connectivity index (χ0n) is 11.1. The number of rotatable bonds is 3. The predicted octanol–water partition coefficient (Wildman–Crippen LogP) is 1.80. The molecule has 2 aromatic heterocycles. The Labute approximate surface area is 111 Å². The molecule has 6 heteroatoms. The Morgan fingerprint density at radius 3 is 3.16 bits per heavy atom. The number of aromatic nitrogens is 4. The van der Waals surface area contributed by atoms with Crippen LogP contribution in [0.3, 0.4) is 0 Å². The van der Waals surface area contributed by atoms with Gasteiger partial charge in [-0.15, -0.1) is 0 Å². The van der Waals surface area contributed by atoms with Crippen molar-refractivity contribution in [3.63, 3.8) is 0 Å². The van der Waals surface area contributed by atoms with Gasteiger partial charge in [-0.05, 0) is 18.8 Å². The van der Waals surface area contributed by atoms with Crippen LogP contribution in [0.5, 0.6) is 0 Å². The average molecular weight is 261 g/mol. The highest BCUT2D eigenvalue weighted by Crippen LogP contribution is 2.28. The van der Waals surface area contributed by atoms with Gasteiger partial charge in [0.15, 0.2) is 5.65 Å². The molecule has 0 aromatic carbocycles.